The summed E-state index contributed by atoms with van der Waals surface area (Å²) in [7, 11) is 0. The Labute approximate surface area is 150 Å². The topological polar surface area (TPSA) is 51.0 Å². The van der Waals surface area contributed by atoms with Gasteiger partial charge in [-0.05, 0) is 32.6 Å². The molecule has 1 aliphatic heterocycles. The number of rotatable bonds is 10. The number of unbranched alkanes of at least 4 members (excludes halogenated alkanes) is 4. The van der Waals surface area contributed by atoms with Crippen molar-refractivity contribution in [2.45, 2.75) is 83.3 Å². The third-order valence-corrected chi connectivity index (χ3v) is 5.60. The van der Waals surface area contributed by atoms with Crippen molar-refractivity contribution in [3.63, 3.8) is 0 Å². The first-order chi connectivity index (χ1) is 11.8. The van der Waals surface area contributed by atoms with Crippen molar-refractivity contribution >= 4 is 17.7 Å². The molecule has 0 saturated carbocycles. The lowest BCUT2D eigenvalue weighted by Gasteiger charge is -2.26. The number of aryl methyl sites for hydroxylation is 1. The van der Waals surface area contributed by atoms with Crippen LogP contribution in [0.15, 0.2) is 5.16 Å². The molecule has 1 aromatic rings. The second-order valence-corrected chi connectivity index (χ2v) is 7.48. The van der Waals surface area contributed by atoms with Crippen LogP contribution in [0.2, 0.25) is 0 Å². The molecular weight excluding hydrogens is 320 g/mol. The maximum Gasteiger partial charge on any atom is 0.233 e. The Morgan fingerprint density at radius 2 is 1.79 bits per heavy atom. The molecule has 2 heterocycles. The summed E-state index contributed by atoms with van der Waals surface area (Å²) in [6.45, 7) is 7.08. The number of hydrogen-bond acceptors (Lipinski definition) is 4. The van der Waals surface area contributed by atoms with Crippen molar-refractivity contribution in [2.24, 2.45) is 0 Å². The van der Waals surface area contributed by atoms with E-state index in [1.165, 1.54) is 50.3 Å². The lowest BCUT2D eigenvalue weighted by molar-refractivity contribution is -0.129. The van der Waals surface area contributed by atoms with E-state index >= 15 is 0 Å². The number of carbonyl (C=O) groups excluding carboxylic acids is 1. The van der Waals surface area contributed by atoms with Crippen molar-refractivity contribution in [2.75, 3.05) is 18.8 Å². The van der Waals surface area contributed by atoms with E-state index in [1.807, 2.05) is 4.90 Å². The first-order valence-corrected chi connectivity index (χ1v) is 10.6. The molecule has 1 aromatic heterocycles. The zero-order valence-electron chi connectivity index (χ0n) is 15.3. The Bertz CT molecular complexity index is 497. The predicted molar refractivity (Wildman–Crippen MR) is 99.3 cm³/mol. The minimum absolute atomic E-state index is 0.242. The molecule has 5 nitrogen and oxygen atoms in total. The van der Waals surface area contributed by atoms with Gasteiger partial charge in [0.05, 0.1) is 5.75 Å². The fourth-order valence-corrected chi connectivity index (χ4v) is 4.10. The molecule has 0 unspecified atom stereocenters. The molecule has 0 atom stereocenters. The number of aromatic nitrogens is 3. The second-order valence-electron chi connectivity index (χ2n) is 6.54. The summed E-state index contributed by atoms with van der Waals surface area (Å²) in [4.78, 5) is 14.3. The SMILES string of the molecule is CCCCCCCc1nnc(SCC(=O)N2CCCCC2)n1CC. The molecule has 0 radical (unpaired) electrons. The van der Waals surface area contributed by atoms with Gasteiger partial charge in [0, 0.05) is 26.1 Å². The van der Waals surface area contributed by atoms with Crippen LogP contribution in [0.4, 0.5) is 0 Å². The quantitative estimate of drug-likeness (QED) is 0.473. The highest BCUT2D eigenvalue weighted by molar-refractivity contribution is 7.99. The molecule has 0 bridgehead atoms. The lowest BCUT2D eigenvalue weighted by Crippen LogP contribution is -2.36. The molecule has 0 spiro atoms. The number of hydrogen-bond donors (Lipinski definition) is 0. The fraction of sp³-hybridized carbons (Fsp3) is 0.833. The molecule has 0 N–H and O–H groups in total. The van der Waals surface area contributed by atoms with E-state index in [0.717, 1.165) is 49.9 Å². The van der Waals surface area contributed by atoms with Crippen LogP contribution in [0, 0.1) is 0 Å². The van der Waals surface area contributed by atoms with Gasteiger partial charge >= 0.3 is 0 Å². The third kappa shape index (κ3) is 5.80. The second kappa shape index (κ2) is 10.7. The van der Waals surface area contributed by atoms with E-state index in [0.29, 0.717) is 5.75 Å². The Hall–Kier alpha value is -1.04. The molecule has 1 amide bonds. The van der Waals surface area contributed by atoms with Crippen LogP contribution in [-0.4, -0.2) is 44.4 Å². The molecule has 1 saturated heterocycles. The van der Waals surface area contributed by atoms with Crippen molar-refractivity contribution in [1.29, 1.82) is 0 Å². The maximum atomic E-state index is 12.3. The summed E-state index contributed by atoms with van der Waals surface area (Å²) in [6, 6.07) is 0. The molecule has 1 aliphatic rings. The Balaban J connectivity index is 1.80. The highest BCUT2D eigenvalue weighted by atomic mass is 32.2. The average molecular weight is 353 g/mol. The standard InChI is InChI=1S/C18H32N4OS/c1-3-5-6-7-9-12-16-19-20-18(22(16)4-2)24-15-17(23)21-13-10-8-11-14-21/h3-15H2,1-2H3. The maximum absolute atomic E-state index is 12.3. The summed E-state index contributed by atoms with van der Waals surface area (Å²) >= 11 is 1.54. The van der Waals surface area contributed by atoms with E-state index in [-0.39, 0.29) is 5.91 Å². The molecule has 0 aromatic carbocycles. The largest absolute Gasteiger partial charge is 0.342 e. The zero-order valence-corrected chi connectivity index (χ0v) is 16.1. The summed E-state index contributed by atoms with van der Waals surface area (Å²) in [5.41, 5.74) is 0. The minimum Gasteiger partial charge on any atom is -0.342 e. The summed E-state index contributed by atoms with van der Waals surface area (Å²) in [5, 5.41) is 9.58. The minimum atomic E-state index is 0.242. The van der Waals surface area contributed by atoms with E-state index in [9.17, 15) is 4.79 Å². The van der Waals surface area contributed by atoms with E-state index < -0.39 is 0 Å². The van der Waals surface area contributed by atoms with Crippen LogP contribution >= 0.6 is 11.8 Å². The number of amides is 1. The Kier molecular flexibility index (Phi) is 8.64. The van der Waals surface area contributed by atoms with Gasteiger partial charge in [0.25, 0.3) is 0 Å². The number of carbonyl (C=O) groups is 1. The third-order valence-electron chi connectivity index (χ3n) is 4.65. The smallest absolute Gasteiger partial charge is 0.233 e. The van der Waals surface area contributed by atoms with Crippen molar-refractivity contribution in [3.8, 4) is 0 Å². The summed E-state index contributed by atoms with van der Waals surface area (Å²) in [5.74, 6) is 1.79. The number of nitrogens with zero attached hydrogens (tertiary/aromatic N) is 4. The normalized spacial score (nSPS) is 15.0. The fourth-order valence-electron chi connectivity index (χ4n) is 3.18. The van der Waals surface area contributed by atoms with Gasteiger partial charge in [0.2, 0.25) is 5.91 Å². The highest BCUT2D eigenvalue weighted by Crippen LogP contribution is 2.20. The van der Waals surface area contributed by atoms with E-state index in [2.05, 4.69) is 28.6 Å². The first kappa shape index (κ1) is 19.3. The van der Waals surface area contributed by atoms with Gasteiger partial charge in [-0.3, -0.25) is 4.79 Å². The average Bonchev–Trinajstić information content (AvgIpc) is 3.02. The highest BCUT2D eigenvalue weighted by Gasteiger charge is 2.18. The molecule has 0 aliphatic carbocycles. The Morgan fingerprint density at radius 1 is 1.04 bits per heavy atom. The Morgan fingerprint density at radius 3 is 2.50 bits per heavy atom. The zero-order chi connectivity index (χ0) is 17.2. The van der Waals surface area contributed by atoms with Gasteiger partial charge in [0.1, 0.15) is 5.82 Å². The van der Waals surface area contributed by atoms with Crippen LogP contribution in [0.5, 0.6) is 0 Å². The molecule has 136 valence electrons. The summed E-state index contributed by atoms with van der Waals surface area (Å²) in [6.07, 6.45) is 10.9. The molecule has 24 heavy (non-hydrogen) atoms. The molecule has 1 fully saturated rings. The van der Waals surface area contributed by atoms with Crippen LogP contribution in [0.3, 0.4) is 0 Å². The monoisotopic (exact) mass is 352 g/mol. The van der Waals surface area contributed by atoms with E-state index in [4.69, 9.17) is 0 Å². The van der Waals surface area contributed by atoms with Gasteiger partial charge < -0.3 is 9.47 Å². The van der Waals surface area contributed by atoms with Gasteiger partial charge in [-0.1, -0.05) is 44.4 Å². The van der Waals surface area contributed by atoms with Crippen molar-refractivity contribution in [3.05, 3.63) is 5.82 Å². The molecule has 6 heteroatoms. The van der Waals surface area contributed by atoms with Crippen LogP contribution < -0.4 is 0 Å². The van der Waals surface area contributed by atoms with Gasteiger partial charge in [-0.25, -0.2) is 0 Å². The molecule has 2 rings (SSSR count). The van der Waals surface area contributed by atoms with Crippen LogP contribution in [0.25, 0.3) is 0 Å². The van der Waals surface area contributed by atoms with E-state index in [1.54, 1.807) is 0 Å². The summed E-state index contributed by atoms with van der Waals surface area (Å²) < 4.78 is 2.17. The van der Waals surface area contributed by atoms with Crippen LogP contribution in [0.1, 0.15) is 71.0 Å². The van der Waals surface area contributed by atoms with Crippen LogP contribution in [-0.2, 0) is 17.8 Å². The number of piperidine rings is 1. The predicted octanol–water partition coefficient (Wildman–Crippen LogP) is 3.92. The van der Waals surface area contributed by atoms with Crippen molar-refractivity contribution in [1.82, 2.24) is 19.7 Å². The van der Waals surface area contributed by atoms with Crippen molar-refractivity contribution < 1.29 is 4.79 Å². The van der Waals surface area contributed by atoms with Gasteiger partial charge in [0.15, 0.2) is 5.16 Å². The number of thioether (sulfide) groups is 1. The molecular formula is C18H32N4OS. The van der Waals surface area contributed by atoms with Gasteiger partial charge in [-0.2, -0.15) is 0 Å². The van der Waals surface area contributed by atoms with Gasteiger partial charge in [-0.15, -0.1) is 10.2 Å². The number of likely N-dealkylation sites (tertiary alicyclic amines) is 1. The first-order valence-electron chi connectivity index (χ1n) is 9.58. The lowest BCUT2D eigenvalue weighted by atomic mass is 10.1.